The first kappa shape index (κ1) is 13.9. The first-order chi connectivity index (χ1) is 7.88. The molecule has 1 fully saturated rings. The lowest BCUT2D eigenvalue weighted by Crippen LogP contribution is -2.46. The quantitative estimate of drug-likeness (QED) is 0.648. The summed E-state index contributed by atoms with van der Waals surface area (Å²) < 4.78 is 11.3. The summed E-state index contributed by atoms with van der Waals surface area (Å²) in [6.45, 7) is 7.79. The van der Waals surface area contributed by atoms with E-state index in [-0.39, 0.29) is 6.10 Å². The van der Waals surface area contributed by atoms with E-state index in [4.69, 9.17) is 9.47 Å². The molecule has 0 aromatic carbocycles. The standard InChI is InChI=1S/C13H27NO2/c1-3-5-6-7-12(14-8-4-2)13-11-15-9-10-16-13/h12-14H,3-11H2,1-2H3. The van der Waals surface area contributed by atoms with E-state index >= 15 is 0 Å². The first-order valence-electron chi connectivity index (χ1n) is 6.81. The van der Waals surface area contributed by atoms with Crippen molar-refractivity contribution in [3.8, 4) is 0 Å². The van der Waals surface area contributed by atoms with Gasteiger partial charge in [0, 0.05) is 6.04 Å². The smallest absolute Gasteiger partial charge is 0.0962 e. The van der Waals surface area contributed by atoms with Crippen LogP contribution >= 0.6 is 0 Å². The second-order valence-electron chi connectivity index (χ2n) is 4.54. The minimum absolute atomic E-state index is 0.261. The molecule has 3 heteroatoms. The average Bonchev–Trinajstić information content (AvgIpc) is 2.35. The Kier molecular flexibility index (Phi) is 7.81. The van der Waals surface area contributed by atoms with Gasteiger partial charge in [0.25, 0.3) is 0 Å². The maximum absolute atomic E-state index is 5.78. The summed E-state index contributed by atoms with van der Waals surface area (Å²) >= 11 is 0. The largest absolute Gasteiger partial charge is 0.376 e. The molecule has 0 saturated carbocycles. The van der Waals surface area contributed by atoms with Crippen LogP contribution in [0.4, 0.5) is 0 Å². The maximum Gasteiger partial charge on any atom is 0.0962 e. The van der Waals surface area contributed by atoms with Crippen molar-refractivity contribution in [1.29, 1.82) is 0 Å². The summed E-state index contributed by atoms with van der Waals surface area (Å²) in [7, 11) is 0. The predicted octanol–water partition coefficient (Wildman–Crippen LogP) is 2.35. The minimum atomic E-state index is 0.261. The predicted molar refractivity (Wildman–Crippen MR) is 66.8 cm³/mol. The second-order valence-corrected chi connectivity index (χ2v) is 4.54. The van der Waals surface area contributed by atoms with Crippen molar-refractivity contribution in [2.45, 2.75) is 58.1 Å². The molecule has 0 aromatic heterocycles. The lowest BCUT2D eigenvalue weighted by atomic mass is 10.0. The van der Waals surface area contributed by atoms with E-state index < -0.39 is 0 Å². The van der Waals surface area contributed by atoms with Crippen molar-refractivity contribution in [2.75, 3.05) is 26.4 Å². The molecule has 0 spiro atoms. The Morgan fingerprint density at radius 2 is 2.06 bits per heavy atom. The van der Waals surface area contributed by atoms with Crippen molar-refractivity contribution < 1.29 is 9.47 Å². The lowest BCUT2D eigenvalue weighted by molar-refractivity contribution is -0.102. The van der Waals surface area contributed by atoms with Crippen LogP contribution < -0.4 is 5.32 Å². The van der Waals surface area contributed by atoms with Gasteiger partial charge < -0.3 is 14.8 Å². The van der Waals surface area contributed by atoms with Crippen LogP contribution in [0.25, 0.3) is 0 Å². The fourth-order valence-corrected chi connectivity index (χ4v) is 2.10. The van der Waals surface area contributed by atoms with Crippen LogP contribution in [-0.2, 0) is 9.47 Å². The Hall–Kier alpha value is -0.120. The van der Waals surface area contributed by atoms with Gasteiger partial charge in [-0.1, -0.05) is 33.1 Å². The molecule has 0 aliphatic carbocycles. The molecule has 1 heterocycles. The third-order valence-corrected chi connectivity index (χ3v) is 3.07. The summed E-state index contributed by atoms with van der Waals surface area (Å²) in [6.07, 6.45) is 6.54. The minimum Gasteiger partial charge on any atom is -0.376 e. The molecule has 2 atom stereocenters. The van der Waals surface area contributed by atoms with Gasteiger partial charge in [-0.05, 0) is 19.4 Å². The molecule has 1 rings (SSSR count). The zero-order valence-electron chi connectivity index (χ0n) is 10.8. The number of ether oxygens (including phenoxy) is 2. The summed E-state index contributed by atoms with van der Waals surface area (Å²) in [4.78, 5) is 0. The van der Waals surface area contributed by atoms with Crippen LogP contribution in [0.15, 0.2) is 0 Å². The zero-order valence-corrected chi connectivity index (χ0v) is 10.8. The number of rotatable bonds is 8. The topological polar surface area (TPSA) is 30.5 Å². The molecule has 16 heavy (non-hydrogen) atoms. The first-order valence-corrected chi connectivity index (χ1v) is 6.81. The van der Waals surface area contributed by atoms with Gasteiger partial charge in [0.2, 0.25) is 0 Å². The second kappa shape index (κ2) is 8.97. The van der Waals surface area contributed by atoms with Gasteiger partial charge in [-0.15, -0.1) is 0 Å². The Morgan fingerprint density at radius 3 is 2.69 bits per heavy atom. The van der Waals surface area contributed by atoms with E-state index in [1.54, 1.807) is 0 Å². The monoisotopic (exact) mass is 229 g/mol. The molecule has 1 N–H and O–H groups in total. The van der Waals surface area contributed by atoms with E-state index in [2.05, 4.69) is 19.2 Å². The van der Waals surface area contributed by atoms with Crippen LogP contribution in [0.5, 0.6) is 0 Å². The van der Waals surface area contributed by atoms with Crippen LogP contribution in [0.1, 0.15) is 46.0 Å². The molecular formula is C13H27NO2. The Bertz CT molecular complexity index is 158. The summed E-state index contributed by atoms with van der Waals surface area (Å²) in [5.74, 6) is 0. The van der Waals surface area contributed by atoms with Gasteiger partial charge in [0.05, 0.1) is 25.9 Å². The molecule has 96 valence electrons. The molecule has 2 unspecified atom stereocenters. The normalized spacial score (nSPS) is 23.2. The Labute approximate surface area is 99.9 Å². The van der Waals surface area contributed by atoms with Gasteiger partial charge in [-0.2, -0.15) is 0 Å². The van der Waals surface area contributed by atoms with Crippen molar-refractivity contribution in [3.05, 3.63) is 0 Å². The number of hydrogen-bond acceptors (Lipinski definition) is 3. The van der Waals surface area contributed by atoms with Gasteiger partial charge in [-0.25, -0.2) is 0 Å². The molecule has 1 aliphatic rings. The van der Waals surface area contributed by atoms with Crippen LogP contribution in [-0.4, -0.2) is 38.5 Å². The number of nitrogens with one attached hydrogen (secondary N) is 1. The molecule has 0 radical (unpaired) electrons. The molecular weight excluding hydrogens is 202 g/mol. The van der Waals surface area contributed by atoms with E-state index in [1.807, 2.05) is 0 Å². The van der Waals surface area contributed by atoms with Crippen molar-refractivity contribution in [1.82, 2.24) is 5.32 Å². The van der Waals surface area contributed by atoms with E-state index in [9.17, 15) is 0 Å². The highest BCUT2D eigenvalue weighted by Crippen LogP contribution is 2.12. The van der Waals surface area contributed by atoms with Crippen molar-refractivity contribution in [2.24, 2.45) is 0 Å². The van der Waals surface area contributed by atoms with Crippen molar-refractivity contribution in [3.63, 3.8) is 0 Å². The lowest BCUT2D eigenvalue weighted by Gasteiger charge is -2.31. The summed E-state index contributed by atoms with van der Waals surface area (Å²) in [6, 6.07) is 0.479. The maximum atomic E-state index is 5.78. The van der Waals surface area contributed by atoms with Gasteiger partial charge in [0.15, 0.2) is 0 Å². The van der Waals surface area contributed by atoms with Gasteiger partial charge in [-0.3, -0.25) is 0 Å². The highest BCUT2D eigenvalue weighted by Gasteiger charge is 2.23. The summed E-state index contributed by atoms with van der Waals surface area (Å²) in [5.41, 5.74) is 0. The number of unbranched alkanes of at least 4 members (excludes halogenated alkanes) is 2. The van der Waals surface area contributed by atoms with Crippen molar-refractivity contribution >= 4 is 0 Å². The Morgan fingerprint density at radius 1 is 1.19 bits per heavy atom. The molecule has 0 amide bonds. The average molecular weight is 229 g/mol. The zero-order chi connectivity index (χ0) is 11.6. The van der Waals surface area contributed by atoms with Crippen LogP contribution in [0.2, 0.25) is 0 Å². The highest BCUT2D eigenvalue weighted by atomic mass is 16.6. The summed E-state index contributed by atoms with van der Waals surface area (Å²) in [5, 5.41) is 3.59. The van der Waals surface area contributed by atoms with E-state index in [1.165, 1.54) is 32.1 Å². The van der Waals surface area contributed by atoms with Crippen LogP contribution in [0, 0.1) is 0 Å². The Balaban J connectivity index is 2.28. The third-order valence-electron chi connectivity index (χ3n) is 3.07. The number of hydrogen-bond donors (Lipinski definition) is 1. The molecule has 1 aliphatic heterocycles. The fourth-order valence-electron chi connectivity index (χ4n) is 2.10. The van der Waals surface area contributed by atoms with E-state index in [0.29, 0.717) is 6.04 Å². The van der Waals surface area contributed by atoms with Gasteiger partial charge in [0.1, 0.15) is 0 Å². The van der Waals surface area contributed by atoms with Gasteiger partial charge >= 0.3 is 0 Å². The third kappa shape index (κ3) is 5.28. The fraction of sp³-hybridized carbons (Fsp3) is 1.00. The molecule has 0 bridgehead atoms. The van der Waals surface area contributed by atoms with Crippen LogP contribution in [0.3, 0.4) is 0 Å². The molecule has 3 nitrogen and oxygen atoms in total. The molecule has 1 saturated heterocycles. The molecule has 0 aromatic rings. The van der Waals surface area contributed by atoms with E-state index in [0.717, 1.165) is 26.4 Å². The highest BCUT2D eigenvalue weighted by molar-refractivity contribution is 4.78. The SMILES string of the molecule is CCCCCC(NCCC)C1COCCO1.